The van der Waals surface area contributed by atoms with Crippen LogP contribution in [0.5, 0.6) is 11.5 Å². The van der Waals surface area contributed by atoms with Crippen molar-refractivity contribution in [3.8, 4) is 11.5 Å². The number of carbonyl (C=O) groups is 2. The lowest BCUT2D eigenvalue weighted by Crippen LogP contribution is -2.14. The zero-order valence-electron chi connectivity index (χ0n) is 20.0. The molecule has 0 spiro atoms. The minimum atomic E-state index is -0.409. The van der Waals surface area contributed by atoms with E-state index in [9.17, 15) is 9.59 Å². The average molecular weight is 500 g/mol. The molecule has 2 heterocycles. The van der Waals surface area contributed by atoms with E-state index >= 15 is 0 Å². The average Bonchev–Trinajstić information content (AvgIpc) is 3.37. The Labute approximate surface area is 217 Å². The third-order valence-electron chi connectivity index (χ3n) is 5.96. The van der Waals surface area contributed by atoms with Gasteiger partial charge in [-0.25, -0.2) is 4.98 Å². The van der Waals surface area contributed by atoms with Crippen LogP contribution >= 0.6 is 0 Å². The van der Waals surface area contributed by atoms with Crippen molar-refractivity contribution in [2.24, 2.45) is 0 Å². The van der Waals surface area contributed by atoms with Crippen molar-refractivity contribution in [2.45, 2.75) is 0 Å². The minimum Gasteiger partial charge on any atom is -0.455 e. The number of ether oxygens (including phenoxy) is 1. The minimum absolute atomic E-state index is 0.216. The van der Waals surface area contributed by atoms with Crippen molar-refractivity contribution in [3.63, 3.8) is 0 Å². The highest BCUT2D eigenvalue weighted by molar-refractivity contribution is 6.12. The molecule has 2 amide bonds. The summed E-state index contributed by atoms with van der Waals surface area (Å²) in [7, 11) is 0. The van der Waals surface area contributed by atoms with E-state index in [-0.39, 0.29) is 17.5 Å². The van der Waals surface area contributed by atoms with E-state index in [0.717, 1.165) is 10.8 Å². The smallest absolute Gasteiger partial charge is 0.276 e. The van der Waals surface area contributed by atoms with Gasteiger partial charge in [0.15, 0.2) is 5.75 Å². The Kier molecular flexibility index (Phi) is 5.95. The number of hydrogen-bond acceptors (Lipinski definition) is 5. The molecule has 2 aromatic heterocycles. The predicted octanol–water partition coefficient (Wildman–Crippen LogP) is 6.41. The van der Waals surface area contributed by atoms with E-state index in [0.29, 0.717) is 33.8 Å². The Hall–Kier alpha value is -5.50. The number of aromatic amines is 1. The second-order valence-electron chi connectivity index (χ2n) is 8.52. The van der Waals surface area contributed by atoms with Gasteiger partial charge >= 0.3 is 0 Å². The number of aromatic nitrogens is 3. The summed E-state index contributed by atoms with van der Waals surface area (Å²) in [5.41, 5.74) is 2.15. The molecule has 6 aromatic rings. The second kappa shape index (κ2) is 9.87. The predicted molar refractivity (Wildman–Crippen MR) is 147 cm³/mol. The Morgan fingerprint density at radius 1 is 0.737 bits per heavy atom. The topological polar surface area (TPSA) is 109 Å². The summed E-state index contributed by atoms with van der Waals surface area (Å²) < 4.78 is 5.96. The van der Waals surface area contributed by atoms with Crippen molar-refractivity contribution in [2.75, 3.05) is 10.6 Å². The fourth-order valence-electron chi connectivity index (χ4n) is 4.12. The zero-order chi connectivity index (χ0) is 25.9. The van der Waals surface area contributed by atoms with Crippen LogP contribution in [0.3, 0.4) is 0 Å². The number of para-hydroxylation sites is 4. The van der Waals surface area contributed by atoms with Gasteiger partial charge in [-0.05, 0) is 47.9 Å². The molecule has 0 saturated carbocycles. The molecule has 0 aliphatic carbocycles. The van der Waals surface area contributed by atoms with Gasteiger partial charge in [-0.15, -0.1) is 0 Å². The van der Waals surface area contributed by atoms with E-state index in [2.05, 4.69) is 25.6 Å². The number of amides is 2. The van der Waals surface area contributed by atoms with Gasteiger partial charge in [0.1, 0.15) is 17.0 Å². The van der Waals surface area contributed by atoms with Crippen LogP contribution in [-0.4, -0.2) is 26.8 Å². The molecule has 0 aliphatic rings. The molecule has 3 N–H and O–H groups in total. The monoisotopic (exact) mass is 499 g/mol. The Morgan fingerprint density at radius 2 is 1.50 bits per heavy atom. The lowest BCUT2D eigenvalue weighted by Gasteiger charge is -2.12. The molecule has 184 valence electrons. The summed E-state index contributed by atoms with van der Waals surface area (Å²) in [6, 6.07) is 31.1. The van der Waals surface area contributed by atoms with Gasteiger partial charge in [0.05, 0.1) is 16.8 Å². The van der Waals surface area contributed by atoms with Gasteiger partial charge in [0.2, 0.25) is 5.95 Å². The standard InChI is InChI=1S/C30H21N5O3/c36-28(32-23-14-6-7-16-26(23)38-21-11-2-1-3-12-21)22-13-8-15-24-27(22)34-30(33-24)35-29(37)25-17-19-9-4-5-10-20(19)18-31-25/h1-18H,(H,32,36)(H2,33,34,35,37). The quantitative estimate of drug-likeness (QED) is 0.245. The van der Waals surface area contributed by atoms with Crippen LogP contribution < -0.4 is 15.4 Å². The molecule has 38 heavy (non-hydrogen) atoms. The summed E-state index contributed by atoms with van der Waals surface area (Å²) in [4.78, 5) is 38.0. The molecule has 0 aliphatic heterocycles. The molecule has 0 fully saturated rings. The SMILES string of the molecule is O=C(Nc1nc2c(C(=O)Nc3ccccc3Oc3ccccc3)cccc2[nH]1)c1cc2ccccc2cn1. The number of pyridine rings is 1. The van der Waals surface area contributed by atoms with Crippen LogP contribution in [-0.2, 0) is 0 Å². The van der Waals surface area contributed by atoms with Crippen LogP contribution in [0.1, 0.15) is 20.8 Å². The Bertz CT molecular complexity index is 1800. The number of nitrogens with one attached hydrogen (secondary N) is 3. The van der Waals surface area contributed by atoms with Crippen molar-refractivity contribution in [1.82, 2.24) is 15.0 Å². The van der Waals surface area contributed by atoms with E-state index < -0.39 is 5.91 Å². The van der Waals surface area contributed by atoms with Gasteiger partial charge in [-0.3, -0.25) is 19.9 Å². The largest absolute Gasteiger partial charge is 0.455 e. The molecular formula is C30H21N5O3. The zero-order valence-corrected chi connectivity index (χ0v) is 20.0. The third-order valence-corrected chi connectivity index (χ3v) is 5.96. The van der Waals surface area contributed by atoms with Gasteiger partial charge < -0.3 is 15.0 Å². The fourth-order valence-corrected chi connectivity index (χ4v) is 4.12. The van der Waals surface area contributed by atoms with E-state index in [1.807, 2.05) is 66.7 Å². The van der Waals surface area contributed by atoms with Crippen LogP contribution in [0.25, 0.3) is 21.8 Å². The number of hydrogen-bond donors (Lipinski definition) is 3. The first-order valence-corrected chi connectivity index (χ1v) is 11.9. The van der Waals surface area contributed by atoms with E-state index in [4.69, 9.17) is 4.74 Å². The summed E-state index contributed by atoms with van der Waals surface area (Å²) in [6.07, 6.45) is 1.66. The second-order valence-corrected chi connectivity index (χ2v) is 8.52. The molecule has 0 radical (unpaired) electrons. The molecule has 0 atom stereocenters. The number of anilines is 2. The van der Waals surface area contributed by atoms with Gasteiger partial charge in [0.25, 0.3) is 11.8 Å². The molecule has 0 bridgehead atoms. The summed E-state index contributed by atoms with van der Waals surface area (Å²) >= 11 is 0. The van der Waals surface area contributed by atoms with Crippen molar-refractivity contribution >= 4 is 45.3 Å². The van der Waals surface area contributed by atoms with Crippen LogP contribution in [0.4, 0.5) is 11.6 Å². The van der Waals surface area contributed by atoms with Gasteiger partial charge in [-0.1, -0.05) is 60.7 Å². The number of fused-ring (bicyclic) bond motifs is 2. The van der Waals surface area contributed by atoms with Crippen LogP contribution in [0, 0.1) is 0 Å². The summed E-state index contributed by atoms with van der Waals surface area (Å²) in [5.74, 6) is 0.614. The fraction of sp³-hybridized carbons (Fsp3) is 0. The number of nitrogens with zero attached hydrogens (tertiary/aromatic N) is 2. The highest BCUT2D eigenvalue weighted by Crippen LogP contribution is 2.30. The number of rotatable bonds is 6. The highest BCUT2D eigenvalue weighted by atomic mass is 16.5. The Morgan fingerprint density at radius 3 is 2.37 bits per heavy atom. The molecule has 8 nitrogen and oxygen atoms in total. The van der Waals surface area contributed by atoms with Crippen molar-refractivity contribution in [3.05, 3.63) is 121 Å². The van der Waals surface area contributed by atoms with Crippen LogP contribution in [0.2, 0.25) is 0 Å². The number of imidazole rings is 1. The molecule has 0 saturated heterocycles. The molecule has 0 unspecified atom stereocenters. The molecular weight excluding hydrogens is 478 g/mol. The van der Waals surface area contributed by atoms with Crippen molar-refractivity contribution < 1.29 is 14.3 Å². The van der Waals surface area contributed by atoms with Crippen LogP contribution in [0.15, 0.2) is 109 Å². The number of carbonyl (C=O) groups excluding carboxylic acids is 2. The first-order chi connectivity index (χ1) is 18.6. The summed E-state index contributed by atoms with van der Waals surface area (Å²) in [5, 5.41) is 7.52. The molecule has 8 heteroatoms. The maximum absolute atomic E-state index is 13.3. The number of benzene rings is 4. The maximum atomic E-state index is 13.3. The molecule has 6 rings (SSSR count). The summed E-state index contributed by atoms with van der Waals surface area (Å²) in [6.45, 7) is 0. The van der Waals surface area contributed by atoms with Gasteiger partial charge in [-0.2, -0.15) is 0 Å². The lowest BCUT2D eigenvalue weighted by molar-refractivity contribution is 0.101. The normalized spacial score (nSPS) is 10.8. The van der Waals surface area contributed by atoms with Crippen molar-refractivity contribution in [1.29, 1.82) is 0 Å². The third kappa shape index (κ3) is 4.66. The lowest BCUT2D eigenvalue weighted by atomic mass is 10.1. The Balaban J connectivity index is 1.24. The van der Waals surface area contributed by atoms with E-state index in [1.54, 1.807) is 42.6 Å². The van der Waals surface area contributed by atoms with Gasteiger partial charge in [0, 0.05) is 11.6 Å². The van der Waals surface area contributed by atoms with E-state index in [1.165, 1.54) is 0 Å². The maximum Gasteiger partial charge on any atom is 0.276 e. The molecule has 4 aromatic carbocycles. The first kappa shape index (κ1) is 22.9. The highest BCUT2D eigenvalue weighted by Gasteiger charge is 2.17. The number of H-pyrrole nitrogens is 1. The first-order valence-electron chi connectivity index (χ1n) is 11.9.